The van der Waals surface area contributed by atoms with Gasteiger partial charge < -0.3 is 20.2 Å². The number of nitrogens with zero attached hydrogens (tertiary/aromatic N) is 7. The van der Waals surface area contributed by atoms with E-state index in [1.165, 1.54) is 32.7 Å². The fourth-order valence-corrected chi connectivity index (χ4v) is 13.3. The van der Waals surface area contributed by atoms with E-state index >= 15 is 14.4 Å². The molecule has 14 nitrogen and oxygen atoms in total. The number of esters is 1. The van der Waals surface area contributed by atoms with Gasteiger partial charge >= 0.3 is 5.97 Å². The summed E-state index contributed by atoms with van der Waals surface area (Å²) in [6.07, 6.45) is -0.747. The maximum Gasteiger partial charge on any atom is 0.356 e. The molecule has 0 spiro atoms. The van der Waals surface area contributed by atoms with Crippen LogP contribution in [0.5, 0.6) is 0 Å². The number of thioether (sulfide) groups is 1. The molecule has 2 amide bonds. The molecule has 0 bridgehead atoms. The van der Waals surface area contributed by atoms with Gasteiger partial charge in [0.25, 0.3) is 11.8 Å². The van der Waals surface area contributed by atoms with Crippen molar-refractivity contribution in [2.75, 3.05) is 11.1 Å². The molecule has 10 aromatic rings. The number of aromatic nitrogens is 5. The van der Waals surface area contributed by atoms with E-state index in [0.29, 0.717) is 21.4 Å². The lowest BCUT2D eigenvalue weighted by Crippen LogP contribution is -2.71. The summed E-state index contributed by atoms with van der Waals surface area (Å²) in [7, 11) is 1.68. The van der Waals surface area contributed by atoms with E-state index in [-0.39, 0.29) is 29.3 Å². The standard InChI is InChI=1S/C67H53N9O5S3/c1-75-60(71-73-74-75)55(82)42-47-43-83-63-57(62(78)76(63)58(47)64(79)80-59(45-26-10-2-11-27-45)46-28-12-3-13-29-46)69-61(77)56(72-81-67(51-36-20-7-21-37-51,52-38-22-8-23-39-52)53-40-24-9-25-41-53)54-44-84-65(68-54)70-66(48-30-14-4-15-31-48,49-32-16-5-17-33-49)50-34-18-6-19-35-50/h2-41,44,57,59,63H,42-43H2,1H3,(H,68,70)(H,69,77). The molecule has 8 aromatic carbocycles. The molecule has 414 valence electrons. The lowest BCUT2D eigenvalue weighted by Gasteiger charge is -2.49. The van der Waals surface area contributed by atoms with Crippen LogP contribution >= 0.6 is 35.3 Å². The third kappa shape index (κ3) is 10.7. The number of tetrazole rings is 1. The Labute approximate surface area is 498 Å². The summed E-state index contributed by atoms with van der Waals surface area (Å²) < 4.78 is 7.93. The number of carbonyl (C=O) groups excluding carboxylic acids is 3. The van der Waals surface area contributed by atoms with Crippen LogP contribution in [-0.2, 0) is 42.1 Å². The third-order valence-corrected chi connectivity index (χ3v) is 17.3. The van der Waals surface area contributed by atoms with Gasteiger partial charge in [-0.2, -0.15) is 0 Å². The van der Waals surface area contributed by atoms with Crippen molar-refractivity contribution in [3.63, 3.8) is 0 Å². The third-order valence-electron chi connectivity index (χ3n) is 14.9. The van der Waals surface area contributed by atoms with E-state index in [9.17, 15) is 0 Å². The molecule has 1 saturated heterocycles. The predicted octanol–water partition coefficient (Wildman–Crippen LogP) is 11.6. The Kier molecular flexibility index (Phi) is 16.0. The fourth-order valence-electron chi connectivity index (χ4n) is 10.9. The average Bonchev–Trinajstić information content (AvgIpc) is 1.51. The number of rotatable bonds is 20. The summed E-state index contributed by atoms with van der Waals surface area (Å²) in [4.78, 5) is 59.7. The first-order valence-corrected chi connectivity index (χ1v) is 29.4. The first kappa shape index (κ1) is 54.9. The highest BCUT2D eigenvalue weighted by molar-refractivity contribution is 8.00. The Bertz CT molecular complexity index is 3780. The van der Waals surface area contributed by atoms with Gasteiger partial charge in [-0.3, -0.25) is 14.5 Å². The second kappa shape index (κ2) is 24.4. The maximum absolute atomic E-state index is 15.6. The smallest absolute Gasteiger partial charge is 0.356 e. The number of oxime groups is 1. The highest BCUT2D eigenvalue weighted by Crippen LogP contribution is 2.45. The quantitative estimate of drug-likeness (QED) is 0.0141. The number of nitrogens with one attached hydrogen (secondary N) is 2. The summed E-state index contributed by atoms with van der Waals surface area (Å²) in [5.41, 5.74) is 4.76. The zero-order chi connectivity index (χ0) is 57.5. The minimum Gasteiger partial charge on any atom is -0.448 e. The minimum atomic E-state index is -1.40. The van der Waals surface area contributed by atoms with Crippen LogP contribution in [0, 0.1) is 0 Å². The number of hydrogen-bond donors (Lipinski definition) is 2. The SMILES string of the molecule is Cn1nnnc1C(=S)CC1=C(C(=O)OC(c2ccccc2)c2ccccc2)N2C(=O)C(NC(=O)C(=NOC(c3ccccc3)(c3ccccc3)c3ccccc3)c3csc(NC(c4ccccc4)(c4ccccc4)c4ccccc4)n3)C2SC1. The van der Waals surface area contributed by atoms with Crippen LogP contribution in [0.25, 0.3) is 0 Å². The average molecular weight is 1160 g/mol. The van der Waals surface area contributed by atoms with Crippen molar-refractivity contribution in [3.8, 4) is 0 Å². The van der Waals surface area contributed by atoms with Gasteiger partial charge in [-0.05, 0) is 43.8 Å². The monoisotopic (exact) mass is 1160 g/mol. The zero-order valence-corrected chi connectivity index (χ0v) is 47.7. The molecule has 1 fully saturated rings. The lowest BCUT2D eigenvalue weighted by molar-refractivity contribution is -0.154. The van der Waals surface area contributed by atoms with Crippen molar-refractivity contribution >= 4 is 68.8 Å². The van der Waals surface area contributed by atoms with Crippen molar-refractivity contribution in [3.05, 3.63) is 315 Å². The number of amides is 2. The van der Waals surface area contributed by atoms with Crippen LogP contribution in [0.15, 0.2) is 264 Å². The number of benzene rings is 8. The van der Waals surface area contributed by atoms with E-state index in [1.54, 1.807) is 12.4 Å². The number of thiocarbonyl (C=S) groups is 1. The first-order valence-electron chi connectivity index (χ1n) is 27.1. The Balaban J connectivity index is 0.940. The van der Waals surface area contributed by atoms with Crippen LogP contribution < -0.4 is 10.6 Å². The Morgan fingerprint density at radius 1 is 0.667 bits per heavy atom. The van der Waals surface area contributed by atoms with Crippen molar-refractivity contribution in [2.24, 2.45) is 12.2 Å². The van der Waals surface area contributed by atoms with Gasteiger partial charge in [0.15, 0.2) is 22.8 Å². The van der Waals surface area contributed by atoms with Crippen molar-refractivity contribution in [1.29, 1.82) is 0 Å². The Morgan fingerprint density at radius 2 is 1.12 bits per heavy atom. The van der Waals surface area contributed by atoms with E-state index in [2.05, 4.69) is 62.6 Å². The number of carbonyl (C=O) groups is 3. The maximum atomic E-state index is 15.6. The number of thiazole rings is 1. The number of aryl methyl sites for hydroxylation is 1. The second-order valence-electron chi connectivity index (χ2n) is 20.0. The van der Waals surface area contributed by atoms with Crippen molar-refractivity contribution < 1.29 is 24.0 Å². The Hall–Kier alpha value is -9.68. The van der Waals surface area contributed by atoms with E-state index in [1.807, 2.05) is 206 Å². The summed E-state index contributed by atoms with van der Waals surface area (Å²) in [5.74, 6) is -1.42. The molecule has 0 radical (unpaired) electrons. The molecule has 17 heteroatoms. The molecule has 0 saturated carbocycles. The van der Waals surface area contributed by atoms with Gasteiger partial charge in [-0.15, -0.1) is 28.2 Å². The zero-order valence-electron chi connectivity index (χ0n) is 45.2. The largest absolute Gasteiger partial charge is 0.448 e. The number of anilines is 1. The number of β-lactam (4-membered cyclic amide) rings is 1. The summed E-state index contributed by atoms with van der Waals surface area (Å²) in [6, 6.07) is 77.2. The molecular formula is C67H53N9O5S3. The molecule has 84 heavy (non-hydrogen) atoms. The van der Waals surface area contributed by atoms with Gasteiger partial charge in [0.2, 0.25) is 5.60 Å². The Morgan fingerprint density at radius 3 is 1.57 bits per heavy atom. The topological polar surface area (TPSA) is 166 Å². The summed E-state index contributed by atoms with van der Waals surface area (Å²) in [6.45, 7) is 0. The van der Waals surface area contributed by atoms with Gasteiger partial charge in [-0.25, -0.2) is 14.5 Å². The second-order valence-corrected chi connectivity index (χ2v) is 22.4. The lowest BCUT2D eigenvalue weighted by atomic mass is 9.77. The molecule has 2 aromatic heterocycles. The molecule has 2 unspecified atom stereocenters. The highest BCUT2D eigenvalue weighted by atomic mass is 32.2. The number of ether oxygens (including phenoxy) is 1. The fraction of sp³-hybridized carbons (Fsp3) is 0.119. The van der Waals surface area contributed by atoms with Crippen molar-refractivity contribution in [2.45, 2.75) is 35.1 Å². The van der Waals surface area contributed by atoms with Crippen LogP contribution in [0.3, 0.4) is 0 Å². The first-order chi connectivity index (χ1) is 41.2. The van der Waals surface area contributed by atoms with E-state index in [0.717, 1.165) is 44.5 Å². The van der Waals surface area contributed by atoms with Crippen LogP contribution in [0.4, 0.5) is 5.13 Å². The van der Waals surface area contributed by atoms with Crippen LogP contribution in [0.2, 0.25) is 0 Å². The molecule has 2 N–H and O–H groups in total. The highest BCUT2D eigenvalue weighted by Gasteiger charge is 2.55. The summed E-state index contributed by atoms with van der Waals surface area (Å²) in [5, 5.41) is 25.1. The number of hydrogen-bond acceptors (Lipinski definition) is 14. The van der Waals surface area contributed by atoms with Gasteiger partial charge in [-0.1, -0.05) is 260 Å². The molecular weight excluding hydrogens is 1110 g/mol. The van der Waals surface area contributed by atoms with Crippen LogP contribution in [0.1, 0.15) is 68.6 Å². The van der Waals surface area contributed by atoms with E-state index in [4.69, 9.17) is 31.9 Å². The molecule has 2 aliphatic heterocycles. The van der Waals surface area contributed by atoms with Gasteiger partial charge in [0.05, 0.1) is 4.86 Å². The molecule has 2 atom stereocenters. The van der Waals surface area contributed by atoms with Crippen molar-refractivity contribution in [1.82, 2.24) is 35.4 Å². The molecule has 12 rings (SSSR count). The van der Waals surface area contributed by atoms with E-state index < -0.39 is 46.4 Å². The molecule has 4 heterocycles. The predicted molar refractivity (Wildman–Crippen MR) is 330 cm³/mol. The molecule has 0 aliphatic carbocycles. The summed E-state index contributed by atoms with van der Waals surface area (Å²) >= 11 is 8.57. The normalized spacial score (nSPS) is 15.2. The van der Waals surface area contributed by atoms with Gasteiger partial charge in [0, 0.05) is 41.3 Å². The molecule has 2 aliphatic rings. The van der Waals surface area contributed by atoms with Crippen LogP contribution in [-0.4, -0.2) is 75.6 Å². The number of fused-ring (bicyclic) bond motifs is 1. The minimum absolute atomic E-state index is 0.0353. The van der Waals surface area contributed by atoms with Gasteiger partial charge in [0.1, 0.15) is 28.3 Å².